The molecule has 0 aliphatic carbocycles. The van der Waals surface area contributed by atoms with E-state index in [1.54, 1.807) is 7.11 Å². The molecule has 2 rings (SSSR count). The van der Waals surface area contributed by atoms with Gasteiger partial charge in [-0.3, -0.25) is 4.90 Å². The lowest BCUT2D eigenvalue weighted by atomic mass is 10.1. The van der Waals surface area contributed by atoms with Gasteiger partial charge in [-0.2, -0.15) is 0 Å². The first-order chi connectivity index (χ1) is 8.72. The van der Waals surface area contributed by atoms with Gasteiger partial charge in [0.05, 0.1) is 18.0 Å². The maximum Gasteiger partial charge on any atom is 0.0630 e. The lowest BCUT2D eigenvalue weighted by molar-refractivity contribution is 0.144. The van der Waals surface area contributed by atoms with Gasteiger partial charge in [-0.05, 0) is 18.6 Å². The van der Waals surface area contributed by atoms with Crippen LogP contribution in [0.1, 0.15) is 5.56 Å². The van der Waals surface area contributed by atoms with Gasteiger partial charge in [-0.25, -0.2) is 0 Å². The second kappa shape index (κ2) is 6.07. The predicted octanol–water partition coefficient (Wildman–Crippen LogP) is 1.35. The summed E-state index contributed by atoms with van der Waals surface area (Å²) in [4.78, 5) is 4.84. The molecule has 4 nitrogen and oxygen atoms in total. The van der Waals surface area contributed by atoms with E-state index in [1.165, 1.54) is 11.3 Å². The van der Waals surface area contributed by atoms with Crippen molar-refractivity contribution >= 4 is 11.4 Å². The zero-order valence-electron chi connectivity index (χ0n) is 11.4. The number of nitrogen functional groups attached to an aromatic ring is 1. The van der Waals surface area contributed by atoms with Gasteiger partial charge in [0.25, 0.3) is 0 Å². The van der Waals surface area contributed by atoms with Crippen LogP contribution in [0.4, 0.5) is 11.4 Å². The van der Waals surface area contributed by atoms with Crippen molar-refractivity contribution in [1.29, 1.82) is 0 Å². The molecule has 1 aliphatic rings. The van der Waals surface area contributed by atoms with E-state index < -0.39 is 0 Å². The predicted molar refractivity (Wildman–Crippen MR) is 76.1 cm³/mol. The Morgan fingerprint density at radius 2 is 1.94 bits per heavy atom. The van der Waals surface area contributed by atoms with Crippen molar-refractivity contribution in [3.63, 3.8) is 0 Å². The molecule has 0 aromatic heterocycles. The van der Waals surface area contributed by atoms with Gasteiger partial charge in [0.15, 0.2) is 0 Å². The molecule has 1 aromatic rings. The Morgan fingerprint density at radius 3 is 2.56 bits per heavy atom. The van der Waals surface area contributed by atoms with E-state index in [4.69, 9.17) is 10.5 Å². The van der Waals surface area contributed by atoms with Crippen molar-refractivity contribution in [3.05, 3.63) is 23.8 Å². The molecular formula is C14H23N3O. The minimum absolute atomic E-state index is 0.812. The number of rotatable bonds is 4. The molecule has 2 N–H and O–H groups in total. The van der Waals surface area contributed by atoms with Crippen molar-refractivity contribution < 1.29 is 4.74 Å². The first kappa shape index (κ1) is 13.2. The van der Waals surface area contributed by atoms with Gasteiger partial charge in [0, 0.05) is 39.8 Å². The van der Waals surface area contributed by atoms with Crippen LogP contribution in [0.5, 0.6) is 0 Å². The van der Waals surface area contributed by atoms with Crippen LogP contribution in [0.15, 0.2) is 18.2 Å². The fraction of sp³-hybridized carbons (Fsp3) is 0.571. The molecule has 0 unspecified atom stereocenters. The summed E-state index contributed by atoms with van der Waals surface area (Å²) in [6.07, 6.45) is 0. The monoisotopic (exact) mass is 249 g/mol. The highest BCUT2D eigenvalue weighted by atomic mass is 16.5. The van der Waals surface area contributed by atoms with E-state index >= 15 is 0 Å². The van der Waals surface area contributed by atoms with Gasteiger partial charge in [0.1, 0.15) is 0 Å². The number of hydrogen-bond acceptors (Lipinski definition) is 4. The fourth-order valence-electron chi connectivity index (χ4n) is 2.53. The van der Waals surface area contributed by atoms with Crippen LogP contribution in [-0.2, 0) is 4.74 Å². The zero-order valence-corrected chi connectivity index (χ0v) is 11.4. The van der Waals surface area contributed by atoms with Crippen LogP contribution < -0.4 is 10.6 Å². The van der Waals surface area contributed by atoms with E-state index in [2.05, 4.69) is 22.8 Å². The highest BCUT2D eigenvalue weighted by Gasteiger charge is 2.19. The molecule has 0 atom stereocenters. The molecule has 0 amide bonds. The highest BCUT2D eigenvalue weighted by Crippen LogP contribution is 2.27. The van der Waals surface area contributed by atoms with Crippen LogP contribution in [0.2, 0.25) is 0 Å². The Labute approximate surface area is 109 Å². The summed E-state index contributed by atoms with van der Waals surface area (Å²) in [6.45, 7) is 8.20. The molecule has 0 saturated carbocycles. The second-order valence-electron chi connectivity index (χ2n) is 4.83. The third-order valence-electron chi connectivity index (χ3n) is 3.57. The van der Waals surface area contributed by atoms with E-state index in [0.29, 0.717) is 0 Å². The maximum atomic E-state index is 6.09. The van der Waals surface area contributed by atoms with Gasteiger partial charge in [0.2, 0.25) is 0 Å². The van der Waals surface area contributed by atoms with E-state index in [0.717, 1.165) is 45.0 Å². The normalized spacial score (nSPS) is 17.1. The molecule has 4 heteroatoms. The molecule has 1 saturated heterocycles. The summed E-state index contributed by atoms with van der Waals surface area (Å²) >= 11 is 0. The fourth-order valence-corrected chi connectivity index (χ4v) is 2.53. The number of aryl methyl sites for hydroxylation is 1. The number of nitrogens with zero attached hydrogens (tertiary/aromatic N) is 2. The number of hydrogen-bond donors (Lipinski definition) is 1. The van der Waals surface area contributed by atoms with Crippen LogP contribution in [0.25, 0.3) is 0 Å². The molecule has 1 aromatic carbocycles. The third kappa shape index (κ3) is 2.94. The minimum Gasteiger partial charge on any atom is -0.397 e. The van der Waals surface area contributed by atoms with Crippen molar-refractivity contribution in [3.8, 4) is 0 Å². The van der Waals surface area contributed by atoms with Gasteiger partial charge < -0.3 is 15.4 Å². The third-order valence-corrected chi connectivity index (χ3v) is 3.57. The summed E-state index contributed by atoms with van der Waals surface area (Å²) in [5.74, 6) is 0. The van der Waals surface area contributed by atoms with Crippen molar-refractivity contribution in [1.82, 2.24) is 4.90 Å². The summed E-state index contributed by atoms with van der Waals surface area (Å²) in [7, 11) is 1.75. The molecule has 18 heavy (non-hydrogen) atoms. The first-order valence-electron chi connectivity index (χ1n) is 6.53. The standard InChI is InChI=1S/C14H23N3O/c1-12-4-3-5-13(15)14(12)17-8-6-16(7-9-17)10-11-18-2/h3-5H,6-11,15H2,1-2H3. The lowest BCUT2D eigenvalue weighted by Crippen LogP contribution is -2.47. The largest absolute Gasteiger partial charge is 0.397 e. The number of para-hydroxylation sites is 1. The van der Waals surface area contributed by atoms with E-state index in [9.17, 15) is 0 Å². The molecule has 0 radical (unpaired) electrons. The molecule has 1 heterocycles. The minimum atomic E-state index is 0.812. The second-order valence-corrected chi connectivity index (χ2v) is 4.83. The molecule has 100 valence electrons. The summed E-state index contributed by atoms with van der Waals surface area (Å²) in [5, 5.41) is 0. The van der Waals surface area contributed by atoms with Gasteiger partial charge in [-0.15, -0.1) is 0 Å². The lowest BCUT2D eigenvalue weighted by Gasteiger charge is -2.37. The molecule has 1 fully saturated rings. The van der Waals surface area contributed by atoms with Crippen LogP contribution in [0.3, 0.4) is 0 Å². The summed E-state index contributed by atoms with van der Waals surface area (Å²) < 4.78 is 5.12. The van der Waals surface area contributed by atoms with Gasteiger partial charge >= 0.3 is 0 Å². The maximum absolute atomic E-state index is 6.09. The summed E-state index contributed by atoms with van der Waals surface area (Å²) in [5.41, 5.74) is 9.46. The Kier molecular flexibility index (Phi) is 4.44. The summed E-state index contributed by atoms with van der Waals surface area (Å²) in [6, 6.07) is 6.13. The molecular weight excluding hydrogens is 226 g/mol. The average molecular weight is 249 g/mol. The van der Waals surface area contributed by atoms with Crippen LogP contribution in [-0.4, -0.2) is 51.3 Å². The molecule has 0 spiro atoms. The van der Waals surface area contributed by atoms with Gasteiger partial charge in [-0.1, -0.05) is 12.1 Å². The molecule has 1 aliphatic heterocycles. The number of piperazine rings is 1. The Balaban J connectivity index is 1.97. The SMILES string of the molecule is COCCN1CCN(c2c(C)cccc2N)CC1. The Bertz CT molecular complexity index is 366. The molecule has 0 bridgehead atoms. The van der Waals surface area contributed by atoms with Crippen molar-refractivity contribution in [2.24, 2.45) is 0 Å². The van der Waals surface area contributed by atoms with Crippen LogP contribution >= 0.6 is 0 Å². The Hall–Kier alpha value is -1.26. The zero-order chi connectivity index (χ0) is 13.0. The number of ether oxygens (including phenoxy) is 1. The number of anilines is 2. The number of nitrogens with two attached hydrogens (primary N) is 1. The first-order valence-corrected chi connectivity index (χ1v) is 6.53. The average Bonchev–Trinajstić information content (AvgIpc) is 2.37. The van der Waals surface area contributed by atoms with Crippen molar-refractivity contribution in [2.75, 3.05) is 57.1 Å². The topological polar surface area (TPSA) is 41.7 Å². The highest BCUT2D eigenvalue weighted by molar-refractivity contribution is 5.71. The quantitative estimate of drug-likeness (QED) is 0.818. The number of benzene rings is 1. The Morgan fingerprint density at radius 1 is 1.22 bits per heavy atom. The van der Waals surface area contributed by atoms with E-state index in [1.807, 2.05) is 12.1 Å². The van der Waals surface area contributed by atoms with E-state index in [-0.39, 0.29) is 0 Å². The number of methoxy groups -OCH3 is 1. The van der Waals surface area contributed by atoms with Crippen molar-refractivity contribution in [2.45, 2.75) is 6.92 Å². The van der Waals surface area contributed by atoms with Crippen LogP contribution in [0, 0.1) is 6.92 Å². The smallest absolute Gasteiger partial charge is 0.0630 e.